The van der Waals surface area contributed by atoms with E-state index in [4.69, 9.17) is 0 Å². The van der Waals surface area contributed by atoms with Crippen LogP contribution in [0.15, 0.2) is 23.2 Å². The van der Waals surface area contributed by atoms with E-state index in [1.54, 1.807) is 12.1 Å². The first-order valence-corrected chi connectivity index (χ1v) is 4.66. The molecule has 0 unspecified atom stereocenters. The van der Waals surface area contributed by atoms with Gasteiger partial charge in [-0.1, -0.05) is 6.07 Å². The van der Waals surface area contributed by atoms with Crippen LogP contribution in [0.2, 0.25) is 0 Å². The molecule has 6 heteroatoms. The lowest BCUT2D eigenvalue weighted by Crippen LogP contribution is -1.91. The zero-order valence-electron chi connectivity index (χ0n) is 6.23. The van der Waals surface area contributed by atoms with Crippen molar-refractivity contribution in [3.8, 4) is 0 Å². The van der Waals surface area contributed by atoms with Gasteiger partial charge < -0.3 is 0 Å². The van der Waals surface area contributed by atoms with E-state index in [1.807, 2.05) is 22.6 Å². The summed E-state index contributed by atoms with van der Waals surface area (Å²) in [7, 11) is 0. The van der Waals surface area contributed by atoms with Crippen LogP contribution in [0.1, 0.15) is 0 Å². The van der Waals surface area contributed by atoms with Crippen molar-refractivity contribution in [3.63, 3.8) is 0 Å². The molecule has 0 fully saturated rings. The lowest BCUT2D eigenvalue weighted by Gasteiger charge is -1.96. The van der Waals surface area contributed by atoms with Gasteiger partial charge in [-0.3, -0.25) is 10.1 Å². The van der Waals surface area contributed by atoms with E-state index in [1.165, 1.54) is 6.07 Å². The smallest absolute Gasteiger partial charge is 0.258 e. The van der Waals surface area contributed by atoms with Gasteiger partial charge in [-0.15, -0.1) is 0 Å². The maximum atomic E-state index is 10.6. The van der Waals surface area contributed by atoms with E-state index in [-0.39, 0.29) is 11.4 Å². The molecular formula is C7H3IN2O2S. The fourth-order valence-corrected chi connectivity index (χ4v) is 1.60. The summed E-state index contributed by atoms with van der Waals surface area (Å²) in [6, 6.07) is 4.85. The highest BCUT2D eigenvalue weighted by molar-refractivity contribution is 14.1. The van der Waals surface area contributed by atoms with Crippen molar-refractivity contribution in [1.82, 2.24) is 0 Å². The Morgan fingerprint density at radius 3 is 2.85 bits per heavy atom. The third-order valence-corrected chi connectivity index (χ3v) is 2.28. The molecule has 4 nitrogen and oxygen atoms in total. The quantitative estimate of drug-likeness (QED) is 0.277. The fraction of sp³-hybridized carbons (Fsp3) is 0. The standard InChI is InChI=1S/C7H3IN2O2S/c8-5-2-1-3-6(9-4-13)7(5)10(11)12/h1-3H. The molecule has 1 aromatic carbocycles. The van der Waals surface area contributed by atoms with Gasteiger partial charge in [0.25, 0.3) is 0 Å². The SMILES string of the molecule is O=[N+]([O-])c1c(I)cccc1N=C=S. The number of thiocarbonyl (C=S) groups is 1. The van der Waals surface area contributed by atoms with E-state index in [0.717, 1.165) is 0 Å². The summed E-state index contributed by atoms with van der Waals surface area (Å²) >= 11 is 6.26. The summed E-state index contributed by atoms with van der Waals surface area (Å²) in [6.45, 7) is 0. The number of nitro benzene ring substituents is 1. The van der Waals surface area contributed by atoms with E-state index in [0.29, 0.717) is 3.57 Å². The zero-order valence-corrected chi connectivity index (χ0v) is 9.20. The van der Waals surface area contributed by atoms with E-state index in [9.17, 15) is 10.1 Å². The monoisotopic (exact) mass is 306 g/mol. The summed E-state index contributed by atoms with van der Waals surface area (Å²) in [5.41, 5.74) is 0.215. The Balaban J connectivity index is 3.42. The van der Waals surface area contributed by atoms with Crippen molar-refractivity contribution in [3.05, 3.63) is 31.9 Å². The molecule has 0 aliphatic heterocycles. The van der Waals surface area contributed by atoms with Crippen molar-refractivity contribution >= 4 is 51.3 Å². The molecule has 0 heterocycles. The van der Waals surface area contributed by atoms with Crippen molar-refractivity contribution in [2.75, 3.05) is 0 Å². The zero-order chi connectivity index (χ0) is 9.84. The second kappa shape index (κ2) is 4.40. The number of aliphatic imine (C=N–C) groups is 1. The van der Waals surface area contributed by atoms with Crippen LogP contribution in [0.25, 0.3) is 0 Å². The third-order valence-electron chi connectivity index (χ3n) is 1.31. The number of isothiocyanates is 1. The van der Waals surface area contributed by atoms with Gasteiger partial charge in [0.15, 0.2) is 5.69 Å². The first kappa shape index (κ1) is 10.2. The molecule has 0 aliphatic rings. The molecule has 1 aromatic rings. The van der Waals surface area contributed by atoms with Gasteiger partial charge in [0.1, 0.15) is 0 Å². The van der Waals surface area contributed by atoms with Crippen molar-refractivity contribution in [2.24, 2.45) is 4.99 Å². The lowest BCUT2D eigenvalue weighted by atomic mass is 10.3. The molecule has 1 rings (SSSR count). The minimum Gasteiger partial charge on any atom is -0.258 e. The van der Waals surface area contributed by atoms with Crippen LogP contribution in [-0.2, 0) is 0 Å². The van der Waals surface area contributed by atoms with Crippen molar-refractivity contribution in [2.45, 2.75) is 0 Å². The first-order chi connectivity index (χ1) is 6.16. The average Bonchev–Trinajstić information content (AvgIpc) is 2.04. The molecule has 0 aliphatic carbocycles. The van der Waals surface area contributed by atoms with Gasteiger partial charge in [0.05, 0.1) is 13.7 Å². The van der Waals surface area contributed by atoms with Crippen LogP contribution in [0, 0.1) is 13.7 Å². The molecule has 0 spiro atoms. The van der Waals surface area contributed by atoms with Gasteiger partial charge >= 0.3 is 5.69 Å². The number of nitrogens with zero attached hydrogens (tertiary/aromatic N) is 2. The number of hydrogen-bond donors (Lipinski definition) is 0. The predicted molar refractivity (Wildman–Crippen MR) is 60.5 cm³/mol. The summed E-state index contributed by atoms with van der Waals surface area (Å²) in [6.07, 6.45) is 0. The molecule has 66 valence electrons. The number of rotatable bonds is 2. The summed E-state index contributed by atoms with van der Waals surface area (Å²) < 4.78 is 0.536. The van der Waals surface area contributed by atoms with E-state index in [2.05, 4.69) is 22.4 Å². The Morgan fingerprint density at radius 1 is 1.62 bits per heavy atom. The minimum absolute atomic E-state index is 0.0274. The first-order valence-electron chi connectivity index (χ1n) is 3.17. The second-order valence-corrected chi connectivity index (χ2v) is 3.41. The lowest BCUT2D eigenvalue weighted by molar-refractivity contribution is -0.385. The molecular weight excluding hydrogens is 303 g/mol. The number of nitro groups is 1. The maximum absolute atomic E-state index is 10.6. The highest BCUT2D eigenvalue weighted by atomic mass is 127. The second-order valence-electron chi connectivity index (χ2n) is 2.07. The van der Waals surface area contributed by atoms with Gasteiger partial charge in [-0.2, -0.15) is 4.99 Å². The highest BCUT2D eigenvalue weighted by Crippen LogP contribution is 2.31. The number of para-hydroxylation sites is 1. The van der Waals surface area contributed by atoms with E-state index < -0.39 is 4.92 Å². The van der Waals surface area contributed by atoms with Crippen LogP contribution >= 0.6 is 34.8 Å². The summed E-state index contributed by atoms with van der Waals surface area (Å²) in [5, 5.41) is 12.7. The Kier molecular flexibility index (Phi) is 3.47. The topological polar surface area (TPSA) is 55.5 Å². The fourth-order valence-electron chi connectivity index (χ4n) is 0.824. The number of halogens is 1. The largest absolute Gasteiger partial charge is 0.308 e. The van der Waals surface area contributed by atoms with Gasteiger partial charge in [0.2, 0.25) is 0 Å². The van der Waals surface area contributed by atoms with Crippen molar-refractivity contribution < 1.29 is 4.92 Å². The molecule has 0 N–H and O–H groups in total. The Labute approximate surface area is 93.0 Å². The molecule has 0 atom stereocenters. The number of hydrogen-bond acceptors (Lipinski definition) is 4. The molecule has 0 amide bonds. The van der Waals surface area contributed by atoms with E-state index >= 15 is 0 Å². The van der Waals surface area contributed by atoms with Crippen molar-refractivity contribution in [1.29, 1.82) is 0 Å². The molecule has 0 saturated carbocycles. The maximum Gasteiger partial charge on any atom is 0.308 e. The average molecular weight is 306 g/mol. The van der Waals surface area contributed by atoms with Crippen LogP contribution in [0.4, 0.5) is 11.4 Å². The highest BCUT2D eigenvalue weighted by Gasteiger charge is 2.16. The molecule has 0 radical (unpaired) electrons. The van der Waals surface area contributed by atoms with Crippen LogP contribution in [-0.4, -0.2) is 10.1 Å². The molecule has 0 saturated heterocycles. The summed E-state index contributed by atoms with van der Waals surface area (Å²) in [5.74, 6) is 0. The summed E-state index contributed by atoms with van der Waals surface area (Å²) in [4.78, 5) is 13.7. The van der Waals surface area contributed by atoms with Crippen LogP contribution < -0.4 is 0 Å². The predicted octanol–water partition coefficient (Wildman–Crippen LogP) is 2.93. The Bertz CT molecular complexity index is 401. The van der Waals surface area contributed by atoms with Gasteiger partial charge in [-0.25, -0.2) is 0 Å². The Hall–Kier alpha value is -0.850. The minimum atomic E-state index is -0.479. The normalized spacial score (nSPS) is 9.00. The van der Waals surface area contributed by atoms with Gasteiger partial charge in [-0.05, 0) is 46.9 Å². The molecule has 13 heavy (non-hydrogen) atoms. The number of benzene rings is 1. The van der Waals surface area contributed by atoms with Crippen LogP contribution in [0.5, 0.6) is 0 Å². The molecule has 0 aromatic heterocycles. The Morgan fingerprint density at radius 2 is 2.31 bits per heavy atom. The van der Waals surface area contributed by atoms with Crippen LogP contribution in [0.3, 0.4) is 0 Å². The van der Waals surface area contributed by atoms with Gasteiger partial charge in [0, 0.05) is 0 Å². The third kappa shape index (κ3) is 2.30. The molecule has 0 bridgehead atoms.